The molecule has 0 radical (unpaired) electrons. The number of carbonyl (C=O) groups is 1. The van der Waals surface area contributed by atoms with E-state index in [4.69, 9.17) is 0 Å². The predicted octanol–water partition coefficient (Wildman–Crippen LogP) is 4.16. The molecule has 30 heavy (non-hydrogen) atoms. The van der Waals surface area contributed by atoms with Gasteiger partial charge >= 0.3 is 17.7 Å². The minimum atomic E-state index is -4.59. The standard InChI is InChI=1S/C19H13F3N4O4/c1-30-18(29)15-16(27)14(17(28)26(25-15)13-8-3-2-4-9-13)24-23-12-7-5-6-11(10-12)19(20,21)22/h2-10,27H,1H3. The van der Waals surface area contributed by atoms with Crippen molar-refractivity contribution >= 4 is 17.3 Å². The van der Waals surface area contributed by atoms with Gasteiger partial charge in [-0.15, -0.1) is 5.11 Å². The molecule has 3 aromatic rings. The van der Waals surface area contributed by atoms with Crippen molar-refractivity contribution < 1.29 is 27.8 Å². The van der Waals surface area contributed by atoms with Crippen LogP contribution in [0.5, 0.6) is 5.75 Å². The average Bonchev–Trinajstić information content (AvgIpc) is 2.73. The van der Waals surface area contributed by atoms with Crippen LogP contribution in [0.1, 0.15) is 16.1 Å². The van der Waals surface area contributed by atoms with E-state index in [1.54, 1.807) is 18.2 Å². The van der Waals surface area contributed by atoms with Crippen molar-refractivity contribution in [3.63, 3.8) is 0 Å². The molecule has 1 N–H and O–H groups in total. The fourth-order valence-electron chi connectivity index (χ4n) is 2.43. The van der Waals surface area contributed by atoms with E-state index in [0.717, 1.165) is 30.0 Å². The minimum Gasteiger partial charge on any atom is -0.503 e. The number of aromatic nitrogens is 2. The lowest BCUT2D eigenvalue weighted by atomic mass is 10.2. The molecule has 0 bridgehead atoms. The molecule has 3 rings (SSSR count). The number of carbonyl (C=O) groups excluding carboxylic acids is 1. The zero-order chi connectivity index (χ0) is 21.9. The van der Waals surface area contributed by atoms with Gasteiger partial charge in [0, 0.05) is 0 Å². The van der Waals surface area contributed by atoms with E-state index in [1.807, 2.05) is 0 Å². The Morgan fingerprint density at radius 1 is 1.10 bits per heavy atom. The second-order valence-electron chi connectivity index (χ2n) is 5.84. The Balaban J connectivity index is 2.16. The van der Waals surface area contributed by atoms with Gasteiger partial charge in [0.05, 0.1) is 24.0 Å². The van der Waals surface area contributed by atoms with Crippen molar-refractivity contribution in [2.24, 2.45) is 10.2 Å². The number of benzene rings is 2. The Morgan fingerprint density at radius 2 is 1.80 bits per heavy atom. The smallest absolute Gasteiger partial charge is 0.416 e. The fourth-order valence-corrected chi connectivity index (χ4v) is 2.43. The van der Waals surface area contributed by atoms with Crippen LogP contribution in [-0.2, 0) is 10.9 Å². The highest BCUT2D eigenvalue weighted by Crippen LogP contribution is 2.32. The Labute approximate surface area is 166 Å². The van der Waals surface area contributed by atoms with Crippen molar-refractivity contribution in [3.8, 4) is 11.4 Å². The number of nitrogens with zero attached hydrogens (tertiary/aromatic N) is 4. The number of alkyl halides is 3. The Hall–Kier alpha value is -4.02. The van der Waals surface area contributed by atoms with E-state index in [2.05, 4.69) is 20.1 Å². The number of ether oxygens (including phenoxy) is 1. The van der Waals surface area contributed by atoms with Crippen molar-refractivity contribution in [2.75, 3.05) is 7.11 Å². The zero-order valence-electron chi connectivity index (χ0n) is 15.3. The molecule has 1 aromatic heterocycles. The molecular formula is C19H13F3N4O4. The molecule has 0 unspecified atom stereocenters. The van der Waals surface area contributed by atoms with Gasteiger partial charge in [-0.3, -0.25) is 4.79 Å². The molecule has 2 aromatic carbocycles. The van der Waals surface area contributed by atoms with Gasteiger partial charge in [-0.05, 0) is 30.3 Å². The molecule has 0 aliphatic rings. The Morgan fingerprint density at radius 3 is 2.43 bits per heavy atom. The number of esters is 1. The second kappa shape index (κ2) is 8.15. The van der Waals surface area contributed by atoms with E-state index in [1.165, 1.54) is 18.2 Å². The van der Waals surface area contributed by atoms with E-state index < -0.39 is 40.4 Å². The summed E-state index contributed by atoms with van der Waals surface area (Å²) in [6.07, 6.45) is -4.59. The van der Waals surface area contributed by atoms with Gasteiger partial charge in [0.2, 0.25) is 5.69 Å². The number of methoxy groups -OCH3 is 1. The SMILES string of the molecule is COC(=O)c1nn(-c2ccccc2)c(=O)c(N=Nc2cccc(C(F)(F)F)c2)c1O. The summed E-state index contributed by atoms with van der Waals surface area (Å²) in [5.74, 6) is -1.96. The first kappa shape index (κ1) is 20.7. The highest BCUT2D eigenvalue weighted by molar-refractivity contribution is 5.91. The maximum atomic E-state index is 12.9. The van der Waals surface area contributed by atoms with Crippen molar-refractivity contribution in [2.45, 2.75) is 6.18 Å². The first-order valence-electron chi connectivity index (χ1n) is 8.31. The summed E-state index contributed by atoms with van der Waals surface area (Å²) < 4.78 is 43.9. The van der Waals surface area contributed by atoms with Crippen LogP contribution in [0.25, 0.3) is 5.69 Å². The zero-order valence-corrected chi connectivity index (χ0v) is 15.3. The fraction of sp³-hybridized carbons (Fsp3) is 0.105. The van der Waals surface area contributed by atoms with Gasteiger partial charge in [-0.1, -0.05) is 24.3 Å². The third kappa shape index (κ3) is 4.19. The molecule has 0 saturated heterocycles. The molecule has 8 nitrogen and oxygen atoms in total. The highest BCUT2D eigenvalue weighted by Gasteiger charge is 2.30. The number of aromatic hydroxyl groups is 1. The van der Waals surface area contributed by atoms with Gasteiger partial charge in [-0.25, -0.2) is 4.79 Å². The maximum Gasteiger partial charge on any atom is 0.416 e. The van der Waals surface area contributed by atoms with E-state index in [0.29, 0.717) is 0 Å². The lowest BCUT2D eigenvalue weighted by molar-refractivity contribution is -0.137. The molecule has 154 valence electrons. The summed E-state index contributed by atoms with van der Waals surface area (Å²) in [6, 6.07) is 11.8. The molecule has 0 saturated carbocycles. The molecule has 0 fully saturated rings. The molecule has 0 aliphatic heterocycles. The van der Waals surface area contributed by atoms with Crippen LogP contribution in [0.2, 0.25) is 0 Å². The number of hydrogen-bond acceptors (Lipinski definition) is 7. The molecular weight excluding hydrogens is 405 g/mol. The third-order valence-corrected chi connectivity index (χ3v) is 3.86. The first-order chi connectivity index (χ1) is 14.2. The monoisotopic (exact) mass is 418 g/mol. The van der Waals surface area contributed by atoms with Crippen LogP contribution >= 0.6 is 0 Å². The average molecular weight is 418 g/mol. The Bertz CT molecular complexity index is 1170. The highest BCUT2D eigenvalue weighted by atomic mass is 19.4. The number of para-hydroxylation sites is 1. The van der Waals surface area contributed by atoms with Crippen molar-refractivity contribution in [3.05, 3.63) is 76.2 Å². The Kier molecular flexibility index (Phi) is 5.63. The number of rotatable bonds is 4. The summed E-state index contributed by atoms with van der Waals surface area (Å²) in [5, 5.41) is 21.3. The summed E-state index contributed by atoms with van der Waals surface area (Å²) in [6.45, 7) is 0. The molecule has 0 atom stereocenters. The molecule has 0 aliphatic carbocycles. The van der Waals surface area contributed by atoms with E-state index >= 15 is 0 Å². The lowest BCUT2D eigenvalue weighted by Gasteiger charge is -2.09. The van der Waals surface area contributed by atoms with Crippen LogP contribution in [0.4, 0.5) is 24.5 Å². The van der Waals surface area contributed by atoms with Gasteiger partial charge < -0.3 is 9.84 Å². The normalized spacial score (nSPS) is 11.6. The topological polar surface area (TPSA) is 106 Å². The quantitative estimate of drug-likeness (QED) is 0.506. The van der Waals surface area contributed by atoms with Crippen LogP contribution in [0.15, 0.2) is 69.6 Å². The van der Waals surface area contributed by atoms with Crippen LogP contribution in [0.3, 0.4) is 0 Å². The number of azo groups is 1. The predicted molar refractivity (Wildman–Crippen MR) is 98.5 cm³/mol. The van der Waals surface area contributed by atoms with Gasteiger partial charge in [0.1, 0.15) is 0 Å². The molecule has 11 heteroatoms. The van der Waals surface area contributed by atoms with E-state index in [9.17, 15) is 27.9 Å². The van der Waals surface area contributed by atoms with Gasteiger partial charge in [0.15, 0.2) is 11.4 Å². The van der Waals surface area contributed by atoms with Gasteiger partial charge in [-0.2, -0.15) is 28.1 Å². The van der Waals surface area contributed by atoms with Gasteiger partial charge in [0.25, 0.3) is 0 Å². The molecule has 0 amide bonds. The largest absolute Gasteiger partial charge is 0.503 e. The maximum absolute atomic E-state index is 12.9. The van der Waals surface area contributed by atoms with Crippen LogP contribution < -0.4 is 5.56 Å². The first-order valence-corrected chi connectivity index (χ1v) is 8.31. The summed E-state index contributed by atoms with van der Waals surface area (Å²) in [5.41, 5.74) is -3.17. The summed E-state index contributed by atoms with van der Waals surface area (Å²) >= 11 is 0. The number of hydrogen-bond donors (Lipinski definition) is 1. The molecule has 0 spiro atoms. The third-order valence-electron chi connectivity index (χ3n) is 3.86. The summed E-state index contributed by atoms with van der Waals surface area (Å²) in [4.78, 5) is 24.7. The van der Waals surface area contributed by atoms with Crippen LogP contribution in [-0.4, -0.2) is 28.0 Å². The number of halogens is 3. The second-order valence-corrected chi connectivity index (χ2v) is 5.84. The van der Waals surface area contributed by atoms with E-state index in [-0.39, 0.29) is 11.4 Å². The minimum absolute atomic E-state index is 0.216. The lowest BCUT2D eigenvalue weighted by Crippen LogP contribution is -2.24. The molecule has 1 heterocycles. The van der Waals surface area contributed by atoms with Crippen LogP contribution in [0, 0.1) is 0 Å². The van der Waals surface area contributed by atoms with Crippen molar-refractivity contribution in [1.82, 2.24) is 9.78 Å². The summed E-state index contributed by atoms with van der Waals surface area (Å²) in [7, 11) is 1.05. The van der Waals surface area contributed by atoms with Crippen molar-refractivity contribution in [1.29, 1.82) is 0 Å².